The van der Waals surface area contributed by atoms with Crippen molar-refractivity contribution in [3.8, 4) is 0 Å². The minimum absolute atomic E-state index is 0.0230. The van der Waals surface area contributed by atoms with Crippen LogP contribution < -0.4 is 0 Å². The van der Waals surface area contributed by atoms with Crippen molar-refractivity contribution in [3.63, 3.8) is 0 Å². The second kappa shape index (κ2) is 6.82. The van der Waals surface area contributed by atoms with Gasteiger partial charge in [-0.3, -0.25) is 9.59 Å². The molecule has 1 N–H and O–H groups in total. The Kier molecular flexibility index (Phi) is 4.60. The molecule has 0 saturated carbocycles. The van der Waals surface area contributed by atoms with E-state index in [0.717, 1.165) is 6.42 Å². The molecule has 1 aromatic rings. The van der Waals surface area contributed by atoms with E-state index in [1.807, 2.05) is 30.4 Å². The molecule has 0 aromatic heterocycles. The van der Waals surface area contributed by atoms with Crippen LogP contribution in [0.5, 0.6) is 0 Å². The van der Waals surface area contributed by atoms with Crippen molar-refractivity contribution in [1.29, 1.82) is 0 Å². The number of allylic oxidation sites excluding steroid dienone is 2. The summed E-state index contributed by atoms with van der Waals surface area (Å²) in [5.41, 5.74) is 2.46. The Balaban J connectivity index is 1.69. The Morgan fingerprint density at radius 1 is 1.04 bits per heavy atom. The Bertz CT molecular complexity index is 648. The molecule has 4 heteroatoms. The third-order valence-corrected chi connectivity index (χ3v) is 4.73. The van der Waals surface area contributed by atoms with Crippen LogP contribution in [0.1, 0.15) is 24.8 Å². The fourth-order valence-corrected chi connectivity index (χ4v) is 3.38. The minimum Gasteiger partial charge on any atom is -0.481 e. The summed E-state index contributed by atoms with van der Waals surface area (Å²) in [6, 6.07) is 10.2. The Hall–Kier alpha value is -2.36. The van der Waals surface area contributed by atoms with E-state index < -0.39 is 17.8 Å². The first kappa shape index (κ1) is 15.5. The van der Waals surface area contributed by atoms with Crippen molar-refractivity contribution in [2.45, 2.75) is 19.3 Å². The van der Waals surface area contributed by atoms with Gasteiger partial charge < -0.3 is 10.0 Å². The Labute approximate surface area is 136 Å². The molecule has 0 unspecified atom stereocenters. The van der Waals surface area contributed by atoms with E-state index in [2.05, 4.69) is 18.2 Å². The van der Waals surface area contributed by atoms with E-state index in [-0.39, 0.29) is 5.91 Å². The predicted octanol–water partition coefficient (Wildman–Crippen LogP) is 2.97. The number of hydrogen-bond donors (Lipinski definition) is 1. The fraction of sp³-hybridized carbons (Fsp3) is 0.368. The highest BCUT2D eigenvalue weighted by Gasteiger charge is 2.36. The zero-order valence-corrected chi connectivity index (χ0v) is 13.0. The largest absolute Gasteiger partial charge is 0.481 e. The molecule has 1 heterocycles. The van der Waals surface area contributed by atoms with Gasteiger partial charge in [-0.2, -0.15) is 0 Å². The zero-order valence-electron chi connectivity index (χ0n) is 13.0. The SMILES string of the molecule is O=C(O)[C@H]1CC=CC[C@@H]1C(=O)N1CC=C(c2ccccc2)CC1. The smallest absolute Gasteiger partial charge is 0.307 e. The van der Waals surface area contributed by atoms with Gasteiger partial charge in [-0.05, 0) is 30.4 Å². The molecule has 1 aliphatic heterocycles. The number of carboxylic acid groups (broad SMARTS) is 1. The molecule has 1 amide bonds. The molecular formula is C19H21NO3. The summed E-state index contributed by atoms with van der Waals surface area (Å²) in [7, 11) is 0. The van der Waals surface area contributed by atoms with Crippen molar-refractivity contribution in [2.24, 2.45) is 11.8 Å². The predicted molar refractivity (Wildman–Crippen MR) is 88.6 cm³/mol. The normalized spacial score (nSPS) is 24.2. The molecule has 3 rings (SSSR count). The summed E-state index contributed by atoms with van der Waals surface area (Å²) in [5.74, 6) is -1.91. The van der Waals surface area contributed by atoms with Crippen molar-refractivity contribution < 1.29 is 14.7 Å². The van der Waals surface area contributed by atoms with E-state index in [1.54, 1.807) is 4.90 Å². The van der Waals surface area contributed by atoms with Gasteiger partial charge >= 0.3 is 5.97 Å². The van der Waals surface area contributed by atoms with E-state index in [9.17, 15) is 14.7 Å². The van der Waals surface area contributed by atoms with Crippen molar-refractivity contribution in [3.05, 3.63) is 54.1 Å². The molecule has 2 aliphatic rings. The van der Waals surface area contributed by atoms with E-state index >= 15 is 0 Å². The van der Waals surface area contributed by atoms with Gasteiger partial charge in [-0.1, -0.05) is 48.6 Å². The summed E-state index contributed by atoms with van der Waals surface area (Å²) in [6.07, 6.45) is 7.68. The van der Waals surface area contributed by atoms with Gasteiger partial charge in [0.25, 0.3) is 0 Å². The number of carbonyl (C=O) groups excluding carboxylic acids is 1. The lowest BCUT2D eigenvalue weighted by atomic mass is 9.82. The lowest BCUT2D eigenvalue weighted by molar-refractivity contribution is -0.150. The van der Waals surface area contributed by atoms with Gasteiger partial charge in [0.1, 0.15) is 0 Å². The van der Waals surface area contributed by atoms with Gasteiger partial charge in [-0.15, -0.1) is 0 Å². The molecule has 0 saturated heterocycles. The third kappa shape index (κ3) is 3.36. The molecule has 1 aromatic carbocycles. The average molecular weight is 311 g/mol. The first-order chi connectivity index (χ1) is 11.2. The van der Waals surface area contributed by atoms with Gasteiger partial charge in [0.15, 0.2) is 0 Å². The molecule has 0 bridgehead atoms. The zero-order chi connectivity index (χ0) is 16.2. The van der Waals surface area contributed by atoms with Crippen LogP contribution in [0.4, 0.5) is 0 Å². The molecule has 0 radical (unpaired) electrons. The summed E-state index contributed by atoms with van der Waals surface area (Å²) < 4.78 is 0. The summed E-state index contributed by atoms with van der Waals surface area (Å²) in [6.45, 7) is 1.22. The number of nitrogens with zero attached hydrogens (tertiary/aromatic N) is 1. The summed E-state index contributed by atoms with van der Waals surface area (Å²) in [4.78, 5) is 25.9. The Morgan fingerprint density at radius 2 is 1.74 bits per heavy atom. The number of aliphatic carboxylic acids is 1. The van der Waals surface area contributed by atoms with Crippen LogP contribution in [0, 0.1) is 11.8 Å². The number of amides is 1. The molecule has 4 nitrogen and oxygen atoms in total. The molecule has 1 aliphatic carbocycles. The number of carbonyl (C=O) groups is 2. The number of hydrogen-bond acceptors (Lipinski definition) is 2. The Morgan fingerprint density at radius 3 is 2.35 bits per heavy atom. The van der Waals surface area contributed by atoms with E-state index in [4.69, 9.17) is 0 Å². The van der Waals surface area contributed by atoms with Gasteiger partial charge in [0.2, 0.25) is 5.91 Å². The molecule has 0 fully saturated rings. The summed E-state index contributed by atoms with van der Waals surface area (Å²) in [5, 5.41) is 9.33. The standard InChI is InChI=1S/C19H21NO3/c21-18(16-8-4-5-9-17(16)19(22)23)20-12-10-15(11-13-20)14-6-2-1-3-7-14/h1-7,10,16-17H,8-9,11-13H2,(H,22,23)/t16-,17-/m0/s1. The maximum Gasteiger partial charge on any atom is 0.307 e. The van der Waals surface area contributed by atoms with Crippen LogP contribution in [0.3, 0.4) is 0 Å². The highest BCUT2D eigenvalue weighted by molar-refractivity contribution is 5.86. The first-order valence-corrected chi connectivity index (χ1v) is 8.08. The highest BCUT2D eigenvalue weighted by Crippen LogP contribution is 2.29. The van der Waals surface area contributed by atoms with E-state index in [1.165, 1.54) is 11.1 Å². The molecule has 2 atom stereocenters. The van der Waals surface area contributed by atoms with Crippen molar-refractivity contribution in [1.82, 2.24) is 4.90 Å². The van der Waals surface area contributed by atoms with Crippen LogP contribution in [0.25, 0.3) is 5.57 Å². The minimum atomic E-state index is -0.870. The lowest BCUT2D eigenvalue weighted by Gasteiger charge is -2.33. The quantitative estimate of drug-likeness (QED) is 0.873. The van der Waals surface area contributed by atoms with Crippen LogP contribution >= 0.6 is 0 Å². The van der Waals surface area contributed by atoms with Crippen LogP contribution in [-0.2, 0) is 9.59 Å². The topological polar surface area (TPSA) is 57.6 Å². The maximum absolute atomic E-state index is 12.7. The molecule has 0 spiro atoms. The number of rotatable bonds is 3. The maximum atomic E-state index is 12.7. The molecule has 120 valence electrons. The van der Waals surface area contributed by atoms with Gasteiger partial charge in [0.05, 0.1) is 11.8 Å². The molecular weight excluding hydrogens is 290 g/mol. The second-order valence-corrected chi connectivity index (χ2v) is 6.12. The number of carboxylic acids is 1. The van der Waals surface area contributed by atoms with Crippen LogP contribution in [0.2, 0.25) is 0 Å². The van der Waals surface area contributed by atoms with Crippen LogP contribution in [0.15, 0.2) is 48.6 Å². The van der Waals surface area contributed by atoms with Crippen LogP contribution in [-0.4, -0.2) is 35.0 Å². The van der Waals surface area contributed by atoms with Gasteiger partial charge in [0, 0.05) is 13.1 Å². The monoisotopic (exact) mass is 311 g/mol. The van der Waals surface area contributed by atoms with E-state index in [0.29, 0.717) is 25.9 Å². The summed E-state index contributed by atoms with van der Waals surface area (Å²) >= 11 is 0. The second-order valence-electron chi connectivity index (χ2n) is 6.12. The van der Waals surface area contributed by atoms with Crippen molar-refractivity contribution in [2.75, 3.05) is 13.1 Å². The number of benzene rings is 1. The van der Waals surface area contributed by atoms with Crippen molar-refractivity contribution >= 4 is 17.4 Å². The lowest BCUT2D eigenvalue weighted by Crippen LogP contribution is -2.43. The fourth-order valence-electron chi connectivity index (χ4n) is 3.38. The van der Waals surface area contributed by atoms with Gasteiger partial charge in [-0.25, -0.2) is 0 Å². The first-order valence-electron chi connectivity index (χ1n) is 8.08. The average Bonchev–Trinajstić information content (AvgIpc) is 2.62. The molecule has 23 heavy (non-hydrogen) atoms. The third-order valence-electron chi connectivity index (χ3n) is 4.73. The highest BCUT2D eigenvalue weighted by atomic mass is 16.4.